The van der Waals surface area contributed by atoms with E-state index in [0.717, 1.165) is 22.5 Å². The fourth-order valence-corrected chi connectivity index (χ4v) is 2.58. The van der Waals surface area contributed by atoms with Gasteiger partial charge in [0, 0.05) is 12.3 Å². The van der Waals surface area contributed by atoms with Crippen molar-refractivity contribution in [1.29, 1.82) is 0 Å². The molecule has 0 atom stereocenters. The molecule has 2 N–H and O–H groups in total. The third kappa shape index (κ3) is 3.78. The van der Waals surface area contributed by atoms with Crippen LogP contribution in [0.3, 0.4) is 0 Å². The van der Waals surface area contributed by atoms with Crippen molar-refractivity contribution in [3.8, 4) is 5.69 Å². The molecule has 0 fully saturated rings. The van der Waals surface area contributed by atoms with E-state index < -0.39 is 0 Å². The molecule has 3 aromatic rings. The van der Waals surface area contributed by atoms with E-state index in [0.29, 0.717) is 5.71 Å². The number of nitrogens with zero attached hydrogens (tertiary/aromatic N) is 3. The van der Waals surface area contributed by atoms with Crippen LogP contribution in [0.15, 0.2) is 82.9 Å². The predicted octanol–water partition coefficient (Wildman–Crippen LogP) is 3.44. The number of benzene rings is 2. The average molecular weight is 344 g/mol. The van der Waals surface area contributed by atoms with E-state index in [2.05, 4.69) is 10.1 Å². The number of rotatable bonds is 4. The monoisotopic (exact) mass is 344 g/mol. The Balaban J connectivity index is 2.15. The summed E-state index contributed by atoms with van der Waals surface area (Å²) in [4.78, 5) is 17.0. The molecule has 5 heteroatoms. The summed E-state index contributed by atoms with van der Waals surface area (Å²) in [6.07, 6.45) is 4.61. The molecule has 130 valence electrons. The van der Waals surface area contributed by atoms with Crippen molar-refractivity contribution in [2.45, 2.75) is 13.8 Å². The van der Waals surface area contributed by atoms with Crippen molar-refractivity contribution in [2.75, 3.05) is 0 Å². The SMILES string of the molecule is Cc1cccc(-n2ccc(=O)c(C(C=CN)=Nc3ccccc3C)n2)c1. The highest BCUT2D eigenvalue weighted by molar-refractivity contribution is 6.08. The normalized spacial score (nSPS) is 11.8. The first-order chi connectivity index (χ1) is 12.6. The average Bonchev–Trinajstić information content (AvgIpc) is 2.63. The molecule has 0 saturated carbocycles. The van der Waals surface area contributed by atoms with Crippen molar-refractivity contribution in [3.63, 3.8) is 0 Å². The van der Waals surface area contributed by atoms with E-state index in [1.54, 1.807) is 17.0 Å². The number of nitrogens with two attached hydrogens (primary N) is 1. The van der Waals surface area contributed by atoms with Gasteiger partial charge in [0.25, 0.3) is 0 Å². The molecule has 0 aliphatic heterocycles. The van der Waals surface area contributed by atoms with Gasteiger partial charge in [0.15, 0.2) is 5.69 Å². The summed E-state index contributed by atoms with van der Waals surface area (Å²) in [5, 5.41) is 4.49. The lowest BCUT2D eigenvalue weighted by atomic mass is 10.2. The van der Waals surface area contributed by atoms with Gasteiger partial charge < -0.3 is 5.73 Å². The number of allylic oxidation sites excluding steroid dienone is 1. The first-order valence-electron chi connectivity index (χ1n) is 8.28. The lowest BCUT2D eigenvalue weighted by molar-refractivity contribution is 0.828. The minimum absolute atomic E-state index is 0.209. The van der Waals surface area contributed by atoms with Gasteiger partial charge in [0.05, 0.1) is 17.1 Å². The van der Waals surface area contributed by atoms with Gasteiger partial charge in [-0.05, 0) is 55.4 Å². The fourth-order valence-electron chi connectivity index (χ4n) is 2.58. The zero-order valence-corrected chi connectivity index (χ0v) is 14.8. The highest BCUT2D eigenvalue weighted by Crippen LogP contribution is 2.18. The molecule has 0 aliphatic carbocycles. The lowest BCUT2D eigenvalue weighted by Crippen LogP contribution is -2.20. The summed E-state index contributed by atoms with van der Waals surface area (Å²) in [5.74, 6) is 0. The topological polar surface area (TPSA) is 73.3 Å². The second-order valence-electron chi connectivity index (χ2n) is 5.95. The molecule has 5 nitrogen and oxygen atoms in total. The summed E-state index contributed by atoms with van der Waals surface area (Å²) in [7, 11) is 0. The van der Waals surface area contributed by atoms with Gasteiger partial charge in [-0.1, -0.05) is 30.3 Å². The van der Waals surface area contributed by atoms with Gasteiger partial charge in [-0.25, -0.2) is 9.67 Å². The van der Waals surface area contributed by atoms with E-state index in [9.17, 15) is 4.79 Å². The Hall–Kier alpha value is -3.47. The number of hydrogen-bond donors (Lipinski definition) is 1. The molecule has 1 aromatic heterocycles. The van der Waals surface area contributed by atoms with E-state index in [-0.39, 0.29) is 11.1 Å². The minimum atomic E-state index is -0.209. The summed E-state index contributed by atoms with van der Waals surface area (Å²) >= 11 is 0. The van der Waals surface area contributed by atoms with Crippen LogP contribution in [0.1, 0.15) is 16.8 Å². The van der Waals surface area contributed by atoms with Crippen molar-refractivity contribution < 1.29 is 0 Å². The second kappa shape index (κ2) is 7.61. The standard InChI is InChI=1S/C21H20N4O/c1-15-6-5-8-17(14-15)25-13-11-20(26)21(24-25)19(10-12-22)23-18-9-4-3-7-16(18)2/h3-14H,22H2,1-2H3. The van der Waals surface area contributed by atoms with Gasteiger partial charge in [-0.3, -0.25) is 4.79 Å². The Morgan fingerprint density at radius 1 is 1.12 bits per heavy atom. The molecule has 3 rings (SSSR count). The highest BCUT2D eigenvalue weighted by atomic mass is 16.1. The largest absolute Gasteiger partial charge is 0.405 e. The smallest absolute Gasteiger partial charge is 0.209 e. The fraction of sp³-hybridized carbons (Fsp3) is 0.0952. The molecule has 0 saturated heterocycles. The maximum absolute atomic E-state index is 12.4. The van der Waals surface area contributed by atoms with Crippen molar-refractivity contribution in [3.05, 3.63) is 100 Å². The third-order valence-corrected chi connectivity index (χ3v) is 3.93. The lowest BCUT2D eigenvalue weighted by Gasteiger charge is -2.09. The number of aromatic nitrogens is 2. The van der Waals surface area contributed by atoms with Crippen molar-refractivity contribution in [2.24, 2.45) is 10.7 Å². The van der Waals surface area contributed by atoms with Crippen LogP contribution in [0.5, 0.6) is 0 Å². The minimum Gasteiger partial charge on any atom is -0.405 e. The predicted molar refractivity (Wildman–Crippen MR) is 105 cm³/mol. The molecular formula is C21H20N4O. The zero-order chi connectivity index (χ0) is 18.5. The summed E-state index contributed by atoms with van der Waals surface area (Å²) in [5.41, 5.74) is 9.81. The molecule has 0 unspecified atom stereocenters. The quantitative estimate of drug-likeness (QED) is 0.737. The molecule has 0 bridgehead atoms. The van der Waals surface area contributed by atoms with Gasteiger partial charge in [-0.15, -0.1) is 0 Å². The molecular weight excluding hydrogens is 324 g/mol. The third-order valence-electron chi connectivity index (χ3n) is 3.93. The molecule has 0 spiro atoms. The van der Waals surface area contributed by atoms with Crippen molar-refractivity contribution in [1.82, 2.24) is 9.78 Å². The summed E-state index contributed by atoms with van der Waals surface area (Å²) in [6.45, 7) is 3.97. The first-order valence-corrected chi connectivity index (χ1v) is 8.28. The Morgan fingerprint density at radius 3 is 2.65 bits per heavy atom. The molecule has 2 aromatic carbocycles. The summed E-state index contributed by atoms with van der Waals surface area (Å²) in [6, 6.07) is 17.1. The Bertz CT molecular complexity index is 1050. The maximum Gasteiger partial charge on any atom is 0.209 e. The van der Waals surface area contributed by atoms with Gasteiger partial charge in [0.1, 0.15) is 0 Å². The van der Waals surface area contributed by atoms with Crippen LogP contribution < -0.4 is 11.2 Å². The van der Waals surface area contributed by atoms with Gasteiger partial charge in [-0.2, -0.15) is 5.10 Å². The van der Waals surface area contributed by atoms with Crippen LogP contribution >= 0.6 is 0 Å². The van der Waals surface area contributed by atoms with E-state index in [1.165, 1.54) is 12.3 Å². The van der Waals surface area contributed by atoms with Gasteiger partial charge >= 0.3 is 0 Å². The van der Waals surface area contributed by atoms with Crippen LogP contribution in [-0.4, -0.2) is 15.5 Å². The van der Waals surface area contributed by atoms with Crippen LogP contribution in [0.25, 0.3) is 5.69 Å². The number of para-hydroxylation sites is 1. The first kappa shape index (κ1) is 17.4. The number of hydrogen-bond acceptors (Lipinski definition) is 4. The van der Waals surface area contributed by atoms with Crippen LogP contribution in [0.2, 0.25) is 0 Å². The van der Waals surface area contributed by atoms with Crippen molar-refractivity contribution >= 4 is 11.4 Å². The Kier molecular flexibility index (Phi) is 5.08. The van der Waals surface area contributed by atoms with Gasteiger partial charge in [0.2, 0.25) is 5.43 Å². The molecule has 0 amide bonds. The van der Waals surface area contributed by atoms with E-state index >= 15 is 0 Å². The van der Waals surface area contributed by atoms with Crippen LogP contribution in [0, 0.1) is 13.8 Å². The van der Waals surface area contributed by atoms with Crippen LogP contribution in [0.4, 0.5) is 5.69 Å². The Morgan fingerprint density at radius 2 is 1.92 bits per heavy atom. The molecule has 0 aliphatic rings. The van der Waals surface area contributed by atoms with E-state index in [4.69, 9.17) is 5.73 Å². The molecule has 0 radical (unpaired) electrons. The zero-order valence-electron chi connectivity index (χ0n) is 14.8. The molecule has 26 heavy (non-hydrogen) atoms. The highest BCUT2D eigenvalue weighted by Gasteiger charge is 2.10. The molecule has 1 heterocycles. The maximum atomic E-state index is 12.4. The second-order valence-corrected chi connectivity index (χ2v) is 5.95. The number of aryl methyl sites for hydroxylation is 2. The number of aliphatic imine (C=N–C) groups is 1. The van der Waals surface area contributed by atoms with Crippen LogP contribution in [-0.2, 0) is 0 Å². The summed E-state index contributed by atoms with van der Waals surface area (Å²) < 4.78 is 1.67. The Labute approximate surface area is 152 Å². The van der Waals surface area contributed by atoms with E-state index in [1.807, 2.05) is 62.4 Å².